The Balaban J connectivity index is 2.28. The Morgan fingerprint density at radius 3 is 2.83 bits per heavy atom. The second kappa shape index (κ2) is 8.23. The van der Waals surface area contributed by atoms with Crippen LogP contribution in [0.2, 0.25) is 0 Å². The highest BCUT2D eigenvalue weighted by Crippen LogP contribution is 2.23. The Bertz CT molecular complexity index is 802. The number of hydrogen-bond donors (Lipinski definition) is 3. The largest absolute Gasteiger partial charge is 0.395 e. The van der Waals surface area contributed by atoms with Crippen molar-refractivity contribution < 1.29 is 9.90 Å². The maximum atomic E-state index is 12.5. The highest BCUT2D eigenvalue weighted by Gasteiger charge is 2.15. The fourth-order valence-electron chi connectivity index (χ4n) is 2.29. The zero-order chi connectivity index (χ0) is 17.7. The van der Waals surface area contributed by atoms with Gasteiger partial charge in [0.2, 0.25) is 0 Å². The second-order valence-corrected chi connectivity index (χ2v) is 6.30. The summed E-state index contributed by atoms with van der Waals surface area (Å²) in [5.41, 5.74) is 2.07. The summed E-state index contributed by atoms with van der Waals surface area (Å²) in [7, 11) is 1.61. The molecular formula is C17H20BrN3O3. The molecule has 0 spiro atoms. The van der Waals surface area contributed by atoms with Crippen molar-refractivity contribution in [1.29, 1.82) is 0 Å². The first-order valence-electron chi connectivity index (χ1n) is 7.51. The third-order valence-electron chi connectivity index (χ3n) is 3.62. The van der Waals surface area contributed by atoms with Crippen molar-refractivity contribution in [2.75, 3.05) is 18.5 Å². The molecule has 1 amide bonds. The molecule has 0 atom stereocenters. The SMILES string of the molecule is Cc1c(Br)cccc1NC(=O)c1cc(CNCCO)cn(C)c1=O. The molecule has 6 nitrogen and oxygen atoms in total. The minimum absolute atomic E-state index is 0.0290. The highest BCUT2D eigenvalue weighted by atomic mass is 79.9. The number of carbonyl (C=O) groups excluding carboxylic acids is 1. The van der Waals surface area contributed by atoms with E-state index in [1.165, 1.54) is 4.57 Å². The summed E-state index contributed by atoms with van der Waals surface area (Å²) < 4.78 is 2.27. The number of amides is 1. The smallest absolute Gasteiger partial charge is 0.263 e. The number of aliphatic hydroxyl groups excluding tert-OH is 1. The van der Waals surface area contributed by atoms with Crippen LogP contribution in [0, 0.1) is 6.92 Å². The first-order chi connectivity index (χ1) is 11.4. The van der Waals surface area contributed by atoms with Crippen LogP contribution in [0.1, 0.15) is 21.5 Å². The summed E-state index contributed by atoms with van der Waals surface area (Å²) in [6.07, 6.45) is 1.67. The fourth-order valence-corrected chi connectivity index (χ4v) is 2.65. The normalized spacial score (nSPS) is 10.7. The number of benzene rings is 1. The topological polar surface area (TPSA) is 83.4 Å². The maximum Gasteiger partial charge on any atom is 0.263 e. The predicted octanol–water partition coefficient (Wildman–Crippen LogP) is 1.79. The molecule has 0 unspecified atom stereocenters. The average Bonchev–Trinajstić information content (AvgIpc) is 2.55. The molecule has 1 aromatic carbocycles. The fraction of sp³-hybridized carbons (Fsp3) is 0.294. The second-order valence-electron chi connectivity index (χ2n) is 5.44. The Morgan fingerprint density at radius 2 is 2.12 bits per heavy atom. The van der Waals surface area contributed by atoms with Gasteiger partial charge in [-0.05, 0) is 36.2 Å². The zero-order valence-corrected chi connectivity index (χ0v) is 15.2. The molecule has 0 saturated carbocycles. The predicted molar refractivity (Wildman–Crippen MR) is 97.3 cm³/mol. The number of aryl methyl sites for hydroxylation is 1. The number of rotatable bonds is 6. The van der Waals surface area contributed by atoms with Crippen molar-refractivity contribution in [1.82, 2.24) is 9.88 Å². The van der Waals surface area contributed by atoms with E-state index in [0.717, 1.165) is 15.6 Å². The van der Waals surface area contributed by atoms with Crippen LogP contribution in [0.15, 0.2) is 39.7 Å². The van der Waals surface area contributed by atoms with Crippen molar-refractivity contribution in [3.8, 4) is 0 Å². The number of carbonyl (C=O) groups is 1. The summed E-state index contributed by atoms with van der Waals surface area (Å²) in [5.74, 6) is -0.444. The van der Waals surface area contributed by atoms with Crippen LogP contribution in [0.25, 0.3) is 0 Å². The van der Waals surface area contributed by atoms with Crippen LogP contribution >= 0.6 is 15.9 Å². The molecule has 0 bridgehead atoms. The quantitative estimate of drug-likeness (QED) is 0.653. The molecule has 1 aromatic heterocycles. The number of pyridine rings is 1. The van der Waals surface area contributed by atoms with E-state index < -0.39 is 5.91 Å². The third kappa shape index (κ3) is 4.31. The lowest BCUT2D eigenvalue weighted by Crippen LogP contribution is -2.29. The Morgan fingerprint density at radius 1 is 1.38 bits per heavy atom. The van der Waals surface area contributed by atoms with E-state index in [2.05, 4.69) is 26.6 Å². The molecule has 3 N–H and O–H groups in total. The van der Waals surface area contributed by atoms with Gasteiger partial charge in [0.05, 0.1) is 6.61 Å². The van der Waals surface area contributed by atoms with E-state index in [1.807, 2.05) is 19.1 Å². The van der Waals surface area contributed by atoms with Gasteiger partial charge in [-0.25, -0.2) is 0 Å². The average molecular weight is 394 g/mol. The molecule has 7 heteroatoms. The van der Waals surface area contributed by atoms with Gasteiger partial charge in [0, 0.05) is 36.5 Å². The number of halogens is 1. The molecule has 128 valence electrons. The van der Waals surface area contributed by atoms with Gasteiger partial charge in [-0.2, -0.15) is 0 Å². The van der Waals surface area contributed by atoms with Gasteiger partial charge in [0.15, 0.2) is 0 Å². The molecular weight excluding hydrogens is 374 g/mol. The summed E-state index contributed by atoms with van der Waals surface area (Å²) in [5, 5.41) is 14.6. The Kier molecular flexibility index (Phi) is 6.30. The van der Waals surface area contributed by atoms with Crippen LogP contribution in [0.3, 0.4) is 0 Å². The van der Waals surface area contributed by atoms with E-state index in [-0.39, 0.29) is 17.7 Å². The minimum Gasteiger partial charge on any atom is -0.395 e. The number of anilines is 1. The first kappa shape index (κ1) is 18.4. The number of aromatic nitrogens is 1. The first-order valence-corrected chi connectivity index (χ1v) is 8.31. The monoisotopic (exact) mass is 393 g/mol. The van der Waals surface area contributed by atoms with Crippen molar-refractivity contribution in [2.45, 2.75) is 13.5 Å². The van der Waals surface area contributed by atoms with Crippen molar-refractivity contribution in [2.24, 2.45) is 7.05 Å². The van der Waals surface area contributed by atoms with Crippen molar-refractivity contribution >= 4 is 27.5 Å². The van der Waals surface area contributed by atoms with E-state index in [4.69, 9.17) is 5.11 Å². The van der Waals surface area contributed by atoms with E-state index >= 15 is 0 Å². The summed E-state index contributed by atoms with van der Waals surface area (Å²) in [4.78, 5) is 24.8. The van der Waals surface area contributed by atoms with Gasteiger partial charge in [-0.15, -0.1) is 0 Å². The number of aliphatic hydroxyl groups is 1. The highest BCUT2D eigenvalue weighted by molar-refractivity contribution is 9.10. The molecule has 1 heterocycles. The number of nitrogens with one attached hydrogen (secondary N) is 2. The van der Waals surface area contributed by atoms with E-state index in [9.17, 15) is 9.59 Å². The molecule has 0 saturated heterocycles. The lowest BCUT2D eigenvalue weighted by Gasteiger charge is -2.12. The number of nitrogens with zero attached hydrogens (tertiary/aromatic N) is 1. The Hall–Kier alpha value is -1.96. The van der Waals surface area contributed by atoms with Crippen LogP contribution in [0.5, 0.6) is 0 Å². The van der Waals surface area contributed by atoms with Crippen LogP contribution in [-0.2, 0) is 13.6 Å². The molecule has 0 aliphatic rings. The molecule has 24 heavy (non-hydrogen) atoms. The zero-order valence-electron chi connectivity index (χ0n) is 13.6. The van der Waals surface area contributed by atoms with Crippen LogP contribution < -0.4 is 16.2 Å². The van der Waals surface area contributed by atoms with E-state index in [1.54, 1.807) is 25.4 Å². The lowest BCUT2D eigenvalue weighted by molar-refractivity contribution is 0.102. The maximum absolute atomic E-state index is 12.5. The van der Waals surface area contributed by atoms with Gasteiger partial charge in [0.25, 0.3) is 11.5 Å². The van der Waals surface area contributed by atoms with Gasteiger partial charge in [0.1, 0.15) is 5.56 Å². The summed E-state index contributed by atoms with van der Waals surface area (Å²) in [6, 6.07) is 7.07. The van der Waals surface area contributed by atoms with Gasteiger partial charge in [-0.3, -0.25) is 9.59 Å². The van der Waals surface area contributed by atoms with Gasteiger partial charge < -0.3 is 20.3 Å². The molecule has 0 aliphatic carbocycles. The van der Waals surface area contributed by atoms with Crippen molar-refractivity contribution in [3.63, 3.8) is 0 Å². The lowest BCUT2D eigenvalue weighted by atomic mass is 10.1. The number of hydrogen-bond acceptors (Lipinski definition) is 4. The van der Waals surface area contributed by atoms with E-state index in [0.29, 0.717) is 18.8 Å². The summed E-state index contributed by atoms with van der Waals surface area (Å²) >= 11 is 3.42. The van der Waals surface area contributed by atoms with Crippen molar-refractivity contribution in [3.05, 3.63) is 62.0 Å². The molecule has 2 aromatic rings. The standard InChI is InChI=1S/C17H20BrN3O3/c1-11-14(18)4-3-5-15(11)20-16(23)13-8-12(9-19-6-7-22)10-21(2)17(13)24/h3-5,8,10,19,22H,6-7,9H2,1-2H3,(H,20,23). The molecule has 2 rings (SSSR count). The third-order valence-corrected chi connectivity index (χ3v) is 4.48. The van der Waals surface area contributed by atoms with Gasteiger partial charge in [-0.1, -0.05) is 22.0 Å². The van der Waals surface area contributed by atoms with Crippen LogP contribution in [0.4, 0.5) is 5.69 Å². The molecule has 0 fully saturated rings. The Labute approximate surface area is 148 Å². The summed E-state index contributed by atoms with van der Waals surface area (Å²) in [6.45, 7) is 2.82. The minimum atomic E-state index is -0.444. The van der Waals surface area contributed by atoms with Gasteiger partial charge >= 0.3 is 0 Å². The molecule has 0 aliphatic heterocycles. The van der Waals surface area contributed by atoms with Crippen LogP contribution in [-0.4, -0.2) is 28.7 Å². The molecule has 0 radical (unpaired) electrons.